The van der Waals surface area contributed by atoms with E-state index >= 15 is 0 Å². The van der Waals surface area contributed by atoms with Crippen LogP contribution >= 0.6 is 0 Å². The molecule has 0 radical (unpaired) electrons. The molecule has 0 aromatic heterocycles. The van der Waals surface area contributed by atoms with E-state index in [1.54, 1.807) is 6.92 Å². The quantitative estimate of drug-likeness (QED) is 0.923. The highest BCUT2D eigenvalue weighted by molar-refractivity contribution is 7.93. The van der Waals surface area contributed by atoms with Crippen LogP contribution in [-0.2, 0) is 21.2 Å². The monoisotopic (exact) mass is 325 g/mol. The molecule has 1 saturated heterocycles. The van der Waals surface area contributed by atoms with Crippen LogP contribution < -0.4 is 5.32 Å². The summed E-state index contributed by atoms with van der Waals surface area (Å²) in [6, 6.07) is 9.34. The summed E-state index contributed by atoms with van der Waals surface area (Å²) in [7, 11) is -3.23. The van der Waals surface area contributed by atoms with E-state index in [1.807, 2.05) is 44.2 Å². The maximum Gasteiger partial charge on any atom is 0.407 e. The van der Waals surface area contributed by atoms with Crippen LogP contribution in [-0.4, -0.2) is 31.6 Å². The number of ether oxygens (including phenoxy) is 1. The molecule has 0 spiro atoms. The smallest absolute Gasteiger partial charge is 0.407 e. The average molecular weight is 325 g/mol. The van der Waals surface area contributed by atoms with Crippen molar-refractivity contribution < 1.29 is 17.9 Å². The van der Waals surface area contributed by atoms with E-state index in [9.17, 15) is 13.2 Å². The molecule has 0 saturated carbocycles. The summed E-state index contributed by atoms with van der Waals surface area (Å²) in [5.41, 5.74) is 0.627. The molecule has 22 heavy (non-hydrogen) atoms. The van der Waals surface area contributed by atoms with Crippen molar-refractivity contribution in [2.45, 2.75) is 38.5 Å². The fourth-order valence-electron chi connectivity index (χ4n) is 3.07. The summed E-state index contributed by atoms with van der Waals surface area (Å²) in [4.78, 5) is 11.8. The third-order valence-corrected chi connectivity index (χ3v) is 6.96. The van der Waals surface area contributed by atoms with E-state index in [1.165, 1.54) is 0 Å². The first kappa shape index (κ1) is 16.8. The number of sulfone groups is 1. The molecule has 1 N–H and O–H groups in total. The van der Waals surface area contributed by atoms with Gasteiger partial charge in [0.1, 0.15) is 6.61 Å². The summed E-state index contributed by atoms with van der Waals surface area (Å²) in [6.07, 6.45) is -0.0635. The summed E-state index contributed by atoms with van der Waals surface area (Å²) in [5, 5.41) is 2.59. The fraction of sp³-hybridized carbons (Fsp3) is 0.562. The van der Waals surface area contributed by atoms with E-state index < -0.39 is 20.7 Å². The van der Waals surface area contributed by atoms with Gasteiger partial charge in [0.05, 0.1) is 10.5 Å². The molecule has 0 bridgehead atoms. The van der Waals surface area contributed by atoms with E-state index in [-0.39, 0.29) is 24.3 Å². The van der Waals surface area contributed by atoms with Crippen molar-refractivity contribution in [3.63, 3.8) is 0 Å². The topological polar surface area (TPSA) is 72.5 Å². The minimum absolute atomic E-state index is 0.0758. The fourth-order valence-corrected chi connectivity index (χ4v) is 5.45. The van der Waals surface area contributed by atoms with Gasteiger partial charge in [-0.15, -0.1) is 0 Å². The van der Waals surface area contributed by atoms with Crippen LogP contribution in [0.5, 0.6) is 0 Å². The van der Waals surface area contributed by atoms with Crippen molar-refractivity contribution in [3.05, 3.63) is 35.9 Å². The SMILES string of the molecule is CC1(C)C[C@@](C)(CNC(=O)OCc2ccccc2)S(=O)(=O)C1. The second kappa shape index (κ2) is 5.91. The molecule has 1 amide bonds. The zero-order valence-electron chi connectivity index (χ0n) is 13.3. The number of rotatable bonds is 4. The molecule has 1 fully saturated rings. The second-order valence-electron chi connectivity index (χ2n) is 6.97. The Labute approximate surface area is 132 Å². The first-order valence-corrected chi connectivity index (χ1v) is 8.96. The Morgan fingerprint density at radius 3 is 2.41 bits per heavy atom. The Balaban J connectivity index is 1.88. The number of hydrogen-bond donors (Lipinski definition) is 1. The van der Waals surface area contributed by atoms with Crippen molar-refractivity contribution in [1.29, 1.82) is 0 Å². The lowest BCUT2D eigenvalue weighted by molar-refractivity contribution is 0.138. The van der Waals surface area contributed by atoms with Crippen molar-refractivity contribution >= 4 is 15.9 Å². The highest BCUT2D eigenvalue weighted by Gasteiger charge is 2.52. The Kier molecular flexibility index (Phi) is 4.52. The molecule has 1 atom stereocenters. The second-order valence-corrected chi connectivity index (χ2v) is 9.47. The van der Waals surface area contributed by atoms with E-state index in [0.29, 0.717) is 6.42 Å². The minimum Gasteiger partial charge on any atom is -0.445 e. The zero-order valence-corrected chi connectivity index (χ0v) is 14.1. The lowest BCUT2D eigenvalue weighted by Gasteiger charge is -2.24. The van der Waals surface area contributed by atoms with Crippen molar-refractivity contribution in [1.82, 2.24) is 5.32 Å². The summed E-state index contributed by atoms with van der Waals surface area (Å²) in [6.45, 7) is 5.80. The van der Waals surface area contributed by atoms with Crippen molar-refractivity contribution in [2.24, 2.45) is 5.41 Å². The predicted molar refractivity (Wildman–Crippen MR) is 85.2 cm³/mol. The van der Waals surface area contributed by atoms with Gasteiger partial charge < -0.3 is 10.1 Å². The molecule has 122 valence electrons. The molecule has 1 aromatic rings. The van der Waals surface area contributed by atoms with Crippen molar-refractivity contribution in [2.75, 3.05) is 12.3 Å². The van der Waals surface area contributed by atoms with Gasteiger partial charge in [-0.1, -0.05) is 44.2 Å². The van der Waals surface area contributed by atoms with E-state index in [2.05, 4.69) is 5.32 Å². The largest absolute Gasteiger partial charge is 0.445 e. The number of nitrogens with one attached hydrogen (secondary N) is 1. The normalized spacial score (nSPS) is 25.6. The number of carbonyl (C=O) groups excluding carboxylic acids is 1. The highest BCUT2D eigenvalue weighted by Crippen LogP contribution is 2.43. The predicted octanol–water partition coefficient (Wildman–Crippen LogP) is 2.52. The van der Waals surface area contributed by atoms with Crippen LogP contribution in [0.3, 0.4) is 0 Å². The van der Waals surface area contributed by atoms with Crippen LogP contribution in [0.1, 0.15) is 32.8 Å². The van der Waals surface area contributed by atoms with Gasteiger partial charge >= 0.3 is 6.09 Å². The van der Waals surface area contributed by atoms with Gasteiger partial charge in [-0.05, 0) is 24.3 Å². The summed E-state index contributed by atoms with van der Waals surface area (Å²) < 4.78 is 28.8. The molecule has 5 nitrogen and oxygen atoms in total. The third kappa shape index (κ3) is 3.80. The molecule has 1 heterocycles. The zero-order chi connectivity index (χ0) is 16.4. The maximum absolute atomic E-state index is 12.3. The van der Waals surface area contributed by atoms with Crippen LogP contribution in [0.2, 0.25) is 0 Å². The molecule has 1 aliphatic rings. The summed E-state index contributed by atoms with van der Waals surface area (Å²) in [5.74, 6) is 0.150. The molecule has 6 heteroatoms. The highest BCUT2D eigenvalue weighted by atomic mass is 32.2. The minimum atomic E-state index is -3.23. The number of hydrogen-bond acceptors (Lipinski definition) is 4. The molecule has 0 unspecified atom stereocenters. The Morgan fingerprint density at radius 1 is 1.23 bits per heavy atom. The lowest BCUT2D eigenvalue weighted by Crippen LogP contribution is -2.44. The maximum atomic E-state index is 12.3. The van der Waals surface area contributed by atoms with Gasteiger partial charge in [-0.3, -0.25) is 0 Å². The van der Waals surface area contributed by atoms with Crippen LogP contribution in [0.4, 0.5) is 4.79 Å². The number of benzene rings is 1. The molecule has 2 rings (SSSR count). The molecule has 1 aliphatic heterocycles. The van der Waals surface area contributed by atoms with Gasteiger partial charge in [0.2, 0.25) is 0 Å². The number of amides is 1. The number of carbonyl (C=O) groups is 1. The standard InChI is InChI=1S/C16H23NO4S/c1-15(2)10-16(3,22(19,20)12-15)11-17-14(18)21-9-13-7-5-4-6-8-13/h4-8H,9-12H2,1-3H3,(H,17,18)/t16-/m0/s1. The van der Waals surface area contributed by atoms with Crippen molar-refractivity contribution in [3.8, 4) is 0 Å². The van der Waals surface area contributed by atoms with Gasteiger partial charge in [-0.25, -0.2) is 13.2 Å². The van der Waals surface area contributed by atoms with Crippen LogP contribution in [0.15, 0.2) is 30.3 Å². The molecule has 0 aliphatic carbocycles. The van der Waals surface area contributed by atoms with Crippen LogP contribution in [0, 0.1) is 5.41 Å². The molecule has 1 aromatic carbocycles. The Bertz CT molecular complexity index is 639. The Morgan fingerprint density at radius 2 is 1.86 bits per heavy atom. The third-order valence-electron chi connectivity index (χ3n) is 4.00. The van der Waals surface area contributed by atoms with Crippen LogP contribution in [0.25, 0.3) is 0 Å². The lowest BCUT2D eigenvalue weighted by atomic mass is 9.85. The first-order chi connectivity index (χ1) is 10.1. The average Bonchev–Trinajstić information content (AvgIpc) is 2.59. The Hall–Kier alpha value is -1.56. The molecular weight excluding hydrogens is 302 g/mol. The van der Waals surface area contributed by atoms with Gasteiger partial charge in [0.15, 0.2) is 9.84 Å². The first-order valence-electron chi connectivity index (χ1n) is 7.31. The van der Waals surface area contributed by atoms with E-state index in [4.69, 9.17) is 4.74 Å². The molecular formula is C16H23NO4S. The summed E-state index contributed by atoms with van der Waals surface area (Å²) >= 11 is 0. The van der Waals surface area contributed by atoms with Gasteiger partial charge in [-0.2, -0.15) is 0 Å². The number of alkyl carbamates (subject to hydrolysis) is 1. The van der Waals surface area contributed by atoms with Gasteiger partial charge in [0.25, 0.3) is 0 Å². The van der Waals surface area contributed by atoms with Gasteiger partial charge in [0, 0.05) is 6.54 Å². The van der Waals surface area contributed by atoms with E-state index in [0.717, 1.165) is 5.56 Å².